The Labute approximate surface area is 120 Å². The zero-order chi connectivity index (χ0) is 11.8. The lowest BCUT2D eigenvalue weighted by Crippen LogP contribution is -1.98. The third-order valence-electron chi connectivity index (χ3n) is 3.20. The molecular weight excluding hydrogens is 341 g/mol. The molecule has 2 aromatic rings. The van der Waals surface area contributed by atoms with Crippen molar-refractivity contribution < 1.29 is 0 Å². The van der Waals surface area contributed by atoms with Crippen LogP contribution in [-0.2, 0) is 6.42 Å². The molecule has 0 aliphatic carbocycles. The molecule has 0 N–H and O–H groups in total. The molecule has 2 heterocycles. The van der Waals surface area contributed by atoms with Gasteiger partial charge in [0.15, 0.2) is 0 Å². The minimum atomic E-state index is 0.765. The largest absolute Gasteiger partial charge is 0.256 e. The Morgan fingerprint density at radius 3 is 3.18 bits per heavy atom. The van der Waals surface area contributed by atoms with Gasteiger partial charge < -0.3 is 0 Å². The molecule has 1 aliphatic heterocycles. The molecule has 17 heavy (non-hydrogen) atoms. The molecule has 0 bridgehead atoms. The van der Waals surface area contributed by atoms with Gasteiger partial charge in [0.25, 0.3) is 0 Å². The molecule has 0 saturated carbocycles. The Hall–Kier alpha value is -0.290. The Morgan fingerprint density at radius 2 is 2.35 bits per heavy atom. The Morgan fingerprint density at radius 1 is 1.47 bits per heavy atom. The van der Waals surface area contributed by atoms with Crippen LogP contribution in [0, 0.1) is 3.57 Å². The van der Waals surface area contributed by atoms with Crippen LogP contribution in [0.4, 0.5) is 0 Å². The van der Waals surface area contributed by atoms with E-state index in [0.717, 1.165) is 10.8 Å². The van der Waals surface area contributed by atoms with E-state index in [-0.39, 0.29) is 0 Å². The standard InChI is InChI=1S/C14H14INS/c1-2-3-11-6-9-8-16-13-7-10(15)4-5-12(13)14(9)17-11/h4-5,7-8,11H,2-3,6H2,1H3. The highest BCUT2D eigenvalue weighted by Gasteiger charge is 2.23. The number of halogens is 1. The Balaban J connectivity index is 2.07. The van der Waals surface area contributed by atoms with Crippen LogP contribution >= 0.6 is 34.4 Å². The summed E-state index contributed by atoms with van der Waals surface area (Å²) >= 11 is 4.40. The van der Waals surface area contributed by atoms with E-state index in [0.29, 0.717) is 0 Å². The monoisotopic (exact) mass is 355 g/mol. The minimum Gasteiger partial charge on any atom is -0.256 e. The van der Waals surface area contributed by atoms with Gasteiger partial charge in [0.2, 0.25) is 0 Å². The van der Waals surface area contributed by atoms with Gasteiger partial charge in [-0.15, -0.1) is 11.8 Å². The first-order valence-electron chi connectivity index (χ1n) is 6.01. The van der Waals surface area contributed by atoms with E-state index < -0.39 is 0 Å². The van der Waals surface area contributed by atoms with Gasteiger partial charge in [-0.3, -0.25) is 4.98 Å². The predicted octanol–water partition coefficient (Wildman–Crippen LogP) is 4.66. The summed E-state index contributed by atoms with van der Waals surface area (Å²) in [6.45, 7) is 2.27. The molecule has 0 saturated heterocycles. The summed E-state index contributed by atoms with van der Waals surface area (Å²) in [7, 11) is 0. The molecule has 1 atom stereocenters. The van der Waals surface area contributed by atoms with Crippen molar-refractivity contribution in [1.29, 1.82) is 0 Å². The fraction of sp³-hybridized carbons (Fsp3) is 0.357. The number of hydrogen-bond acceptors (Lipinski definition) is 2. The highest BCUT2D eigenvalue weighted by atomic mass is 127. The summed E-state index contributed by atoms with van der Waals surface area (Å²) in [6.07, 6.45) is 5.86. The highest BCUT2D eigenvalue weighted by Crippen LogP contribution is 2.42. The topological polar surface area (TPSA) is 12.9 Å². The maximum absolute atomic E-state index is 4.59. The van der Waals surface area contributed by atoms with Crippen LogP contribution in [0.25, 0.3) is 10.9 Å². The van der Waals surface area contributed by atoms with Crippen molar-refractivity contribution >= 4 is 45.3 Å². The van der Waals surface area contributed by atoms with Gasteiger partial charge >= 0.3 is 0 Å². The second-order valence-electron chi connectivity index (χ2n) is 4.51. The molecule has 0 fully saturated rings. The lowest BCUT2D eigenvalue weighted by Gasteiger charge is -2.05. The Bertz CT molecular complexity index is 567. The van der Waals surface area contributed by atoms with Crippen LogP contribution in [-0.4, -0.2) is 10.2 Å². The number of hydrogen-bond donors (Lipinski definition) is 0. The second kappa shape index (κ2) is 4.76. The fourth-order valence-corrected chi connectivity index (χ4v) is 4.42. The van der Waals surface area contributed by atoms with E-state index in [2.05, 4.69) is 70.7 Å². The smallest absolute Gasteiger partial charge is 0.0723 e. The molecule has 1 unspecified atom stereocenters. The van der Waals surface area contributed by atoms with Crippen LogP contribution in [0.3, 0.4) is 0 Å². The van der Waals surface area contributed by atoms with Gasteiger partial charge in [0.05, 0.1) is 5.52 Å². The summed E-state index contributed by atoms with van der Waals surface area (Å²) in [5.41, 5.74) is 2.59. The van der Waals surface area contributed by atoms with E-state index in [1.807, 2.05) is 0 Å². The molecule has 3 heteroatoms. The molecule has 0 spiro atoms. The van der Waals surface area contributed by atoms with Crippen LogP contribution < -0.4 is 0 Å². The van der Waals surface area contributed by atoms with Crippen molar-refractivity contribution in [2.24, 2.45) is 0 Å². The first kappa shape index (κ1) is 11.8. The van der Waals surface area contributed by atoms with Gasteiger partial charge in [-0.05, 0) is 53.1 Å². The number of fused-ring (bicyclic) bond motifs is 3. The van der Waals surface area contributed by atoms with Gasteiger partial charge in [-0.1, -0.05) is 19.4 Å². The zero-order valence-corrected chi connectivity index (χ0v) is 12.7. The summed E-state index contributed by atoms with van der Waals surface area (Å²) in [5, 5.41) is 2.10. The number of nitrogens with zero attached hydrogens (tertiary/aromatic N) is 1. The molecule has 1 aromatic heterocycles. The van der Waals surface area contributed by atoms with E-state index in [1.165, 1.54) is 38.7 Å². The van der Waals surface area contributed by atoms with Crippen molar-refractivity contribution in [3.63, 3.8) is 0 Å². The molecule has 3 rings (SSSR count). The van der Waals surface area contributed by atoms with Crippen molar-refractivity contribution in [1.82, 2.24) is 4.98 Å². The molecule has 1 nitrogen and oxygen atoms in total. The normalized spacial score (nSPS) is 18.6. The van der Waals surface area contributed by atoms with Gasteiger partial charge in [0.1, 0.15) is 0 Å². The Kier molecular flexibility index (Phi) is 3.30. The van der Waals surface area contributed by atoms with Crippen molar-refractivity contribution in [3.05, 3.63) is 33.5 Å². The SMILES string of the molecule is CCCC1Cc2cnc3cc(I)ccc3c2S1. The molecule has 1 aliphatic rings. The zero-order valence-electron chi connectivity index (χ0n) is 9.74. The molecule has 1 aromatic carbocycles. The first-order chi connectivity index (χ1) is 8.28. The van der Waals surface area contributed by atoms with Gasteiger partial charge in [-0.2, -0.15) is 0 Å². The van der Waals surface area contributed by atoms with E-state index >= 15 is 0 Å². The second-order valence-corrected chi connectivity index (χ2v) is 7.06. The summed E-state index contributed by atoms with van der Waals surface area (Å²) in [5.74, 6) is 0. The third kappa shape index (κ3) is 2.19. The quantitative estimate of drug-likeness (QED) is 0.727. The first-order valence-corrected chi connectivity index (χ1v) is 7.97. The van der Waals surface area contributed by atoms with Gasteiger partial charge in [0, 0.05) is 25.3 Å². The highest BCUT2D eigenvalue weighted by molar-refractivity contribution is 14.1. The number of benzene rings is 1. The summed E-state index contributed by atoms with van der Waals surface area (Å²) in [6, 6.07) is 6.58. The van der Waals surface area contributed by atoms with Crippen LogP contribution in [0.15, 0.2) is 29.3 Å². The maximum Gasteiger partial charge on any atom is 0.0723 e. The molecular formula is C14H14INS. The van der Waals surface area contributed by atoms with Crippen molar-refractivity contribution in [2.45, 2.75) is 36.3 Å². The molecule has 0 radical (unpaired) electrons. The molecule has 88 valence electrons. The number of thioether (sulfide) groups is 1. The average Bonchev–Trinajstić information content (AvgIpc) is 2.72. The van der Waals surface area contributed by atoms with Crippen LogP contribution in [0.5, 0.6) is 0 Å². The summed E-state index contributed by atoms with van der Waals surface area (Å²) < 4.78 is 1.26. The van der Waals surface area contributed by atoms with E-state index in [4.69, 9.17) is 0 Å². The van der Waals surface area contributed by atoms with Crippen molar-refractivity contribution in [3.8, 4) is 0 Å². The average molecular weight is 355 g/mol. The lowest BCUT2D eigenvalue weighted by atomic mass is 10.1. The third-order valence-corrected chi connectivity index (χ3v) is 5.32. The number of pyridine rings is 1. The molecule has 0 amide bonds. The van der Waals surface area contributed by atoms with Gasteiger partial charge in [-0.25, -0.2) is 0 Å². The van der Waals surface area contributed by atoms with Crippen molar-refractivity contribution in [2.75, 3.05) is 0 Å². The minimum absolute atomic E-state index is 0.765. The lowest BCUT2D eigenvalue weighted by molar-refractivity contribution is 0.743. The van der Waals surface area contributed by atoms with E-state index in [9.17, 15) is 0 Å². The van der Waals surface area contributed by atoms with Crippen LogP contribution in [0.2, 0.25) is 0 Å². The predicted molar refractivity (Wildman–Crippen MR) is 82.7 cm³/mol. The van der Waals surface area contributed by atoms with E-state index in [1.54, 1.807) is 0 Å². The number of rotatable bonds is 2. The maximum atomic E-state index is 4.59. The van der Waals surface area contributed by atoms with Crippen LogP contribution in [0.1, 0.15) is 25.3 Å². The fourth-order valence-electron chi connectivity index (χ4n) is 2.40. The number of aromatic nitrogens is 1. The summed E-state index contributed by atoms with van der Waals surface area (Å²) in [4.78, 5) is 6.07.